The first-order valence-electron chi connectivity index (χ1n) is 13.0. The SMILES string of the molecule is F[P-](F)(F)(F)(F)F.F[P-](F)(F)(F)(F)F.c1cc2nc(c1)C[n+]1cn(c3ccccc31)CCNCCn1c[n+](c3ccccc31)C2. The number of benzene rings is 2. The first-order valence-corrected chi connectivity index (χ1v) is 17.0. The largest absolute Gasteiger partial charge is 0.309 e. The Labute approximate surface area is 247 Å². The molecule has 2 aromatic carbocycles. The Hall–Kier alpha value is -3.49. The van der Waals surface area contributed by atoms with Gasteiger partial charge in [0.05, 0.1) is 11.4 Å². The fraction of sp³-hybridized carbons (Fsp3) is 0.240. The zero-order chi connectivity index (χ0) is 33.4. The van der Waals surface area contributed by atoms with Crippen LogP contribution in [0, 0.1) is 0 Å². The van der Waals surface area contributed by atoms with Crippen molar-refractivity contribution in [1.82, 2.24) is 19.4 Å². The van der Waals surface area contributed by atoms with Crippen LogP contribution >= 0.6 is 15.6 Å². The van der Waals surface area contributed by atoms with Crippen LogP contribution in [0.2, 0.25) is 0 Å². The van der Waals surface area contributed by atoms with Gasteiger partial charge in [0.2, 0.25) is 12.7 Å². The number of pyridine rings is 1. The summed E-state index contributed by atoms with van der Waals surface area (Å²) < 4.78 is 128. The molecule has 5 aromatic rings. The molecule has 6 bridgehead atoms. The molecule has 20 heteroatoms. The summed E-state index contributed by atoms with van der Waals surface area (Å²) in [6.07, 6.45) is 4.46. The average molecular weight is 700 g/mol. The first kappa shape index (κ1) is 34.4. The number of nitrogens with one attached hydrogen (secondary N) is 1. The van der Waals surface area contributed by atoms with Crippen molar-refractivity contribution < 1.29 is 59.5 Å². The fourth-order valence-electron chi connectivity index (χ4n) is 4.67. The van der Waals surface area contributed by atoms with Gasteiger partial charge in [-0.05, 0) is 36.4 Å². The van der Waals surface area contributed by atoms with E-state index in [1.54, 1.807) is 0 Å². The van der Waals surface area contributed by atoms with Crippen molar-refractivity contribution in [2.24, 2.45) is 0 Å². The summed E-state index contributed by atoms with van der Waals surface area (Å²) in [5.74, 6) is 0. The number of nitrogens with zero attached hydrogens (tertiary/aromatic N) is 5. The van der Waals surface area contributed by atoms with Gasteiger partial charge < -0.3 is 5.32 Å². The van der Waals surface area contributed by atoms with E-state index < -0.39 is 15.6 Å². The molecule has 0 radical (unpaired) electrons. The first-order chi connectivity index (χ1) is 20.2. The van der Waals surface area contributed by atoms with Crippen molar-refractivity contribution in [1.29, 1.82) is 0 Å². The van der Waals surface area contributed by atoms with Crippen molar-refractivity contribution in [3.63, 3.8) is 0 Å². The Bertz CT molecular complexity index is 1680. The van der Waals surface area contributed by atoms with Crippen LogP contribution in [0.15, 0.2) is 79.4 Å². The van der Waals surface area contributed by atoms with Gasteiger partial charge in [0.25, 0.3) is 0 Å². The maximum Gasteiger partial charge on any atom is 0.245 e. The Balaban J connectivity index is 0.000000277. The van der Waals surface area contributed by atoms with Crippen molar-refractivity contribution in [3.8, 4) is 0 Å². The fourth-order valence-corrected chi connectivity index (χ4v) is 4.67. The molecule has 0 saturated heterocycles. The minimum Gasteiger partial charge on any atom is -0.309 e. The Kier molecular flexibility index (Phi) is 8.04. The molecule has 1 N–H and O–H groups in total. The van der Waals surface area contributed by atoms with E-state index in [0.29, 0.717) is 0 Å². The number of imidazole rings is 2. The van der Waals surface area contributed by atoms with Gasteiger partial charge in [-0.3, -0.25) is 0 Å². The number of para-hydroxylation sites is 4. The zero-order valence-electron chi connectivity index (χ0n) is 22.9. The van der Waals surface area contributed by atoms with E-state index in [0.717, 1.165) is 50.7 Å². The summed E-state index contributed by atoms with van der Waals surface area (Å²) in [6, 6.07) is 23.6. The van der Waals surface area contributed by atoms with Gasteiger partial charge in [0.15, 0.2) is 22.1 Å². The van der Waals surface area contributed by atoms with Crippen LogP contribution in [-0.4, -0.2) is 27.2 Å². The van der Waals surface area contributed by atoms with Crippen molar-refractivity contribution >= 4 is 37.7 Å². The monoisotopic (exact) mass is 700 g/mol. The summed E-state index contributed by atoms with van der Waals surface area (Å²) in [6.45, 7) is 5.28. The van der Waals surface area contributed by atoms with E-state index in [9.17, 15) is 50.4 Å². The molecule has 6 rings (SSSR count). The van der Waals surface area contributed by atoms with Crippen LogP contribution in [0.25, 0.3) is 22.1 Å². The van der Waals surface area contributed by atoms with Gasteiger partial charge in [0, 0.05) is 13.1 Å². The second kappa shape index (κ2) is 10.5. The smallest absolute Gasteiger partial charge is 0.245 e. The van der Waals surface area contributed by atoms with E-state index >= 15 is 0 Å². The summed E-state index contributed by atoms with van der Waals surface area (Å²) in [5, 5.41) is 3.63. The van der Waals surface area contributed by atoms with Crippen LogP contribution in [0.1, 0.15) is 11.4 Å². The number of hydrogen-bond donors (Lipinski definition) is 1. The molecular formula is C25H26F12N6P2. The Morgan fingerprint density at radius 1 is 0.533 bits per heavy atom. The number of hydrogen-bond acceptors (Lipinski definition) is 2. The van der Waals surface area contributed by atoms with Crippen molar-refractivity contribution in [3.05, 3.63) is 90.8 Å². The van der Waals surface area contributed by atoms with Gasteiger partial charge in [-0.2, -0.15) is 0 Å². The molecule has 4 heterocycles. The number of aromatic nitrogens is 5. The Morgan fingerprint density at radius 3 is 1.27 bits per heavy atom. The molecule has 6 nitrogen and oxygen atoms in total. The minimum atomic E-state index is -10.7. The van der Waals surface area contributed by atoms with E-state index in [-0.39, 0.29) is 0 Å². The molecule has 0 atom stereocenters. The third kappa shape index (κ3) is 12.8. The molecule has 1 aliphatic heterocycles. The predicted octanol–water partition coefficient (Wildman–Crippen LogP) is 9.03. The molecular weight excluding hydrogens is 674 g/mol. The Morgan fingerprint density at radius 2 is 0.889 bits per heavy atom. The van der Waals surface area contributed by atoms with Crippen LogP contribution in [-0.2, 0) is 26.2 Å². The van der Waals surface area contributed by atoms with Crippen LogP contribution in [0.3, 0.4) is 0 Å². The molecule has 0 unspecified atom stereocenters. The molecule has 0 spiro atoms. The van der Waals surface area contributed by atoms with E-state index in [1.165, 1.54) is 22.1 Å². The molecule has 1 aliphatic rings. The molecule has 0 fully saturated rings. The van der Waals surface area contributed by atoms with Crippen LogP contribution in [0.4, 0.5) is 50.4 Å². The maximum absolute atomic E-state index is 10.7. The second-order valence-electron chi connectivity index (χ2n) is 10.1. The van der Waals surface area contributed by atoms with Gasteiger partial charge in [0.1, 0.15) is 26.2 Å². The summed E-state index contributed by atoms with van der Waals surface area (Å²) >= 11 is 0. The summed E-state index contributed by atoms with van der Waals surface area (Å²) in [5.41, 5.74) is 7.19. The molecule has 45 heavy (non-hydrogen) atoms. The van der Waals surface area contributed by atoms with E-state index in [4.69, 9.17) is 4.98 Å². The second-order valence-corrected chi connectivity index (χ2v) is 14.0. The van der Waals surface area contributed by atoms with Gasteiger partial charge in [-0.15, -0.1) is 0 Å². The van der Waals surface area contributed by atoms with Gasteiger partial charge in [-0.1, -0.05) is 30.3 Å². The third-order valence-corrected chi connectivity index (χ3v) is 6.15. The predicted molar refractivity (Wildman–Crippen MR) is 147 cm³/mol. The number of fused-ring (bicyclic) bond motifs is 12. The van der Waals surface area contributed by atoms with Crippen LogP contribution < -0.4 is 14.5 Å². The third-order valence-electron chi connectivity index (χ3n) is 6.15. The van der Waals surface area contributed by atoms with E-state index in [1.807, 2.05) is 0 Å². The summed E-state index contributed by atoms with van der Waals surface area (Å²) in [4.78, 5) is 5.01. The average Bonchev–Trinajstić information content (AvgIpc) is 3.38. The molecule has 3 aromatic heterocycles. The van der Waals surface area contributed by atoms with E-state index in [2.05, 4.69) is 103 Å². The van der Waals surface area contributed by atoms with Gasteiger partial charge in [-0.25, -0.2) is 23.3 Å². The number of halogens is 12. The topological polar surface area (TPSA) is 42.5 Å². The van der Waals surface area contributed by atoms with Crippen molar-refractivity contribution in [2.75, 3.05) is 13.1 Å². The van der Waals surface area contributed by atoms with Crippen molar-refractivity contribution in [2.45, 2.75) is 26.2 Å². The normalized spacial score (nSPS) is 17.4. The quantitative estimate of drug-likeness (QED) is 0.0996. The van der Waals surface area contributed by atoms with Crippen LogP contribution in [0.5, 0.6) is 0 Å². The zero-order valence-corrected chi connectivity index (χ0v) is 24.7. The molecule has 0 aliphatic carbocycles. The number of rotatable bonds is 0. The summed E-state index contributed by atoms with van der Waals surface area (Å²) in [7, 11) is -21.3. The molecule has 250 valence electrons. The minimum absolute atomic E-state index is 0.765. The standard InChI is InChI=1S/C25H26N6.2F6P/c1-3-10-24-22(8-1)28-14-12-26-13-15-29-19-31(25-11-4-2-9-23(25)29)17-21-7-5-6-20(27-21)16-30(24)18-28;2*1-7(2,3,4,5)6/h1-11,18-19,26H,12-17H2;;/q+2;2*-1. The molecule has 0 saturated carbocycles. The molecule has 0 amide bonds. The maximum atomic E-state index is 9.87. The van der Waals surface area contributed by atoms with Gasteiger partial charge >= 0.3 is 66.0 Å².